The van der Waals surface area contributed by atoms with Crippen molar-refractivity contribution in [1.82, 2.24) is 10.3 Å². The number of amidine groups is 1. The summed E-state index contributed by atoms with van der Waals surface area (Å²) in [7, 11) is 0. The Morgan fingerprint density at radius 1 is 1.28 bits per heavy atom. The van der Waals surface area contributed by atoms with Gasteiger partial charge in [0, 0.05) is 5.56 Å². The number of hydrogen-bond donors (Lipinski definition) is 2. The van der Waals surface area contributed by atoms with Crippen LogP contribution in [0.2, 0.25) is 0 Å². The second kappa shape index (κ2) is 6.38. The highest BCUT2D eigenvalue weighted by atomic mass is 32.1. The van der Waals surface area contributed by atoms with Crippen molar-refractivity contribution in [2.24, 2.45) is 4.99 Å². The molecule has 25 heavy (non-hydrogen) atoms. The number of fused-ring (bicyclic) bond motifs is 2. The molecule has 0 radical (unpaired) electrons. The summed E-state index contributed by atoms with van der Waals surface area (Å²) in [5, 5.41) is 2.77. The SMILES string of the molecule is CC(=Nc1ccc2scnc2c1S)NC(=O)c1ccc2c(c1)OCO2. The highest BCUT2D eigenvalue weighted by Crippen LogP contribution is 2.33. The molecule has 0 spiro atoms. The van der Waals surface area contributed by atoms with E-state index in [0.717, 1.165) is 10.2 Å². The van der Waals surface area contributed by atoms with Gasteiger partial charge in [-0.2, -0.15) is 0 Å². The number of ether oxygens (including phenoxy) is 2. The van der Waals surface area contributed by atoms with Crippen molar-refractivity contribution >= 4 is 51.6 Å². The number of thiazole rings is 1. The van der Waals surface area contributed by atoms with Crippen molar-refractivity contribution in [1.29, 1.82) is 0 Å². The third kappa shape index (κ3) is 3.06. The van der Waals surface area contributed by atoms with Crippen LogP contribution in [0.3, 0.4) is 0 Å². The standard InChI is InChI=1S/C17H13N3O3S2/c1-9(19-11-3-5-14-15(16(11)24)18-7-25-14)20-17(21)10-2-4-12-13(6-10)23-8-22-12/h2-7,24H,8H2,1H3,(H,19,20,21). The first-order chi connectivity index (χ1) is 12.1. The number of nitrogens with zero attached hydrogens (tertiary/aromatic N) is 2. The van der Waals surface area contributed by atoms with E-state index in [1.54, 1.807) is 42.0 Å². The third-order valence-corrected chi connectivity index (χ3v) is 4.91. The number of nitrogens with one attached hydrogen (secondary N) is 1. The lowest BCUT2D eigenvalue weighted by molar-refractivity contribution is 0.0976. The Labute approximate surface area is 152 Å². The van der Waals surface area contributed by atoms with Crippen LogP contribution in [0, 0.1) is 0 Å². The predicted molar refractivity (Wildman–Crippen MR) is 99.7 cm³/mol. The first kappa shape index (κ1) is 15.9. The van der Waals surface area contributed by atoms with Crippen LogP contribution in [0.1, 0.15) is 17.3 Å². The molecule has 3 aromatic rings. The first-order valence-corrected chi connectivity index (χ1v) is 8.76. The predicted octanol–water partition coefficient (Wildman–Crippen LogP) is 3.79. The minimum Gasteiger partial charge on any atom is -0.454 e. The fraction of sp³-hybridized carbons (Fsp3) is 0.118. The maximum atomic E-state index is 12.4. The number of carbonyl (C=O) groups is 1. The van der Waals surface area contributed by atoms with Gasteiger partial charge < -0.3 is 14.8 Å². The smallest absolute Gasteiger partial charge is 0.256 e. The minimum absolute atomic E-state index is 0.171. The Kier molecular flexibility index (Phi) is 4.06. The monoisotopic (exact) mass is 371 g/mol. The van der Waals surface area contributed by atoms with Crippen LogP contribution in [0.5, 0.6) is 11.5 Å². The minimum atomic E-state index is -0.269. The van der Waals surface area contributed by atoms with E-state index in [-0.39, 0.29) is 12.7 Å². The van der Waals surface area contributed by atoms with E-state index in [9.17, 15) is 4.79 Å². The molecule has 1 N–H and O–H groups in total. The number of carbonyl (C=O) groups excluding carboxylic acids is 1. The average molecular weight is 371 g/mol. The van der Waals surface area contributed by atoms with Crippen LogP contribution in [0.4, 0.5) is 5.69 Å². The Hall–Kier alpha value is -2.58. The number of rotatable bonds is 2. The van der Waals surface area contributed by atoms with Gasteiger partial charge in [0.2, 0.25) is 6.79 Å². The summed E-state index contributed by atoms with van der Waals surface area (Å²) in [4.78, 5) is 21.8. The molecule has 1 aliphatic rings. The largest absolute Gasteiger partial charge is 0.454 e. The average Bonchev–Trinajstić information content (AvgIpc) is 3.25. The maximum Gasteiger partial charge on any atom is 0.256 e. The van der Waals surface area contributed by atoms with Crippen LogP contribution in [-0.4, -0.2) is 23.5 Å². The molecule has 0 atom stereocenters. The van der Waals surface area contributed by atoms with Crippen molar-refractivity contribution in [3.63, 3.8) is 0 Å². The van der Waals surface area contributed by atoms with E-state index < -0.39 is 0 Å². The highest BCUT2D eigenvalue weighted by molar-refractivity contribution is 7.80. The van der Waals surface area contributed by atoms with Crippen molar-refractivity contribution < 1.29 is 14.3 Å². The molecular formula is C17H13N3O3S2. The summed E-state index contributed by atoms with van der Waals surface area (Å²) < 4.78 is 11.6. The van der Waals surface area contributed by atoms with Crippen LogP contribution < -0.4 is 14.8 Å². The van der Waals surface area contributed by atoms with Gasteiger partial charge in [-0.15, -0.1) is 24.0 Å². The molecule has 0 saturated carbocycles. The third-order valence-electron chi connectivity index (χ3n) is 3.67. The lowest BCUT2D eigenvalue weighted by atomic mass is 10.2. The molecule has 0 fully saturated rings. The Bertz CT molecular complexity index is 1010. The van der Waals surface area contributed by atoms with Gasteiger partial charge in [-0.3, -0.25) is 4.79 Å². The molecule has 1 aromatic heterocycles. The van der Waals surface area contributed by atoms with Crippen molar-refractivity contribution in [3.05, 3.63) is 41.4 Å². The Balaban J connectivity index is 1.56. The topological polar surface area (TPSA) is 72.8 Å². The zero-order chi connectivity index (χ0) is 17.4. The van der Waals surface area contributed by atoms with Crippen LogP contribution >= 0.6 is 24.0 Å². The van der Waals surface area contributed by atoms with Gasteiger partial charge in [-0.1, -0.05) is 0 Å². The molecule has 2 aromatic carbocycles. The van der Waals surface area contributed by atoms with E-state index >= 15 is 0 Å². The highest BCUT2D eigenvalue weighted by Gasteiger charge is 2.16. The van der Waals surface area contributed by atoms with Gasteiger partial charge in [0.25, 0.3) is 5.91 Å². The first-order valence-electron chi connectivity index (χ1n) is 7.43. The van der Waals surface area contributed by atoms with E-state index in [0.29, 0.717) is 33.5 Å². The van der Waals surface area contributed by atoms with E-state index in [4.69, 9.17) is 9.47 Å². The van der Waals surface area contributed by atoms with Gasteiger partial charge >= 0.3 is 0 Å². The molecule has 0 unspecified atom stereocenters. The van der Waals surface area contributed by atoms with E-state index in [1.807, 2.05) is 12.1 Å². The lowest BCUT2D eigenvalue weighted by Crippen LogP contribution is -2.28. The molecular weight excluding hydrogens is 358 g/mol. The van der Waals surface area contributed by atoms with E-state index in [1.165, 1.54) is 0 Å². The zero-order valence-corrected chi connectivity index (χ0v) is 14.9. The number of amides is 1. The quantitative estimate of drug-likeness (QED) is 0.408. The van der Waals surface area contributed by atoms with Crippen LogP contribution in [-0.2, 0) is 0 Å². The molecule has 8 heteroatoms. The fourth-order valence-electron chi connectivity index (χ4n) is 2.48. The lowest BCUT2D eigenvalue weighted by Gasteiger charge is -2.07. The van der Waals surface area contributed by atoms with Crippen LogP contribution in [0.25, 0.3) is 10.2 Å². The van der Waals surface area contributed by atoms with Gasteiger partial charge in [-0.05, 0) is 37.3 Å². The van der Waals surface area contributed by atoms with E-state index in [2.05, 4.69) is 27.9 Å². The molecule has 2 heterocycles. The molecule has 1 amide bonds. The number of aliphatic imine (C=N–C) groups is 1. The zero-order valence-electron chi connectivity index (χ0n) is 13.1. The number of thiol groups is 1. The van der Waals surface area contributed by atoms with Crippen molar-refractivity contribution in [3.8, 4) is 11.5 Å². The normalized spacial score (nSPS) is 13.3. The van der Waals surface area contributed by atoms with Gasteiger partial charge in [-0.25, -0.2) is 9.98 Å². The molecule has 0 aliphatic carbocycles. The van der Waals surface area contributed by atoms with Crippen molar-refractivity contribution in [2.45, 2.75) is 11.8 Å². The molecule has 6 nitrogen and oxygen atoms in total. The summed E-state index contributed by atoms with van der Waals surface area (Å²) in [6.07, 6.45) is 0. The van der Waals surface area contributed by atoms with Gasteiger partial charge in [0.15, 0.2) is 11.5 Å². The van der Waals surface area contributed by atoms with Crippen LogP contribution in [0.15, 0.2) is 45.7 Å². The summed E-state index contributed by atoms with van der Waals surface area (Å²) in [6, 6.07) is 8.85. The number of benzene rings is 2. The number of aromatic nitrogens is 1. The summed E-state index contributed by atoms with van der Waals surface area (Å²) in [5.41, 5.74) is 3.71. The van der Waals surface area contributed by atoms with Gasteiger partial charge in [0.1, 0.15) is 5.84 Å². The Morgan fingerprint density at radius 2 is 2.12 bits per heavy atom. The summed E-state index contributed by atoms with van der Waals surface area (Å²) in [6.45, 7) is 1.90. The summed E-state index contributed by atoms with van der Waals surface area (Å²) in [5.74, 6) is 1.40. The van der Waals surface area contributed by atoms with Gasteiger partial charge in [0.05, 0.1) is 26.3 Å². The molecule has 1 aliphatic heterocycles. The number of hydrogen-bond acceptors (Lipinski definition) is 7. The molecule has 0 bridgehead atoms. The summed E-state index contributed by atoms with van der Waals surface area (Å²) >= 11 is 6.05. The molecule has 126 valence electrons. The second-order valence-electron chi connectivity index (χ2n) is 5.35. The second-order valence-corrected chi connectivity index (χ2v) is 6.69. The Morgan fingerprint density at radius 3 is 3.00 bits per heavy atom. The maximum absolute atomic E-state index is 12.4. The van der Waals surface area contributed by atoms with Crippen molar-refractivity contribution in [2.75, 3.05) is 6.79 Å². The molecule has 4 rings (SSSR count). The fourth-order valence-corrected chi connectivity index (χ4v) is 3.54. The molecule has 0 saturated heterocycles.